The van der Waals surface area contributed by atoms with Crippen LogP contribution in [0.1, 0.15) is 24.0 Å². The highest BCUT2D eigenvalue weighted by Gasteiger charge is 2.15. The first kappa shape index (κ1) is 12.8. The lowest BCUT2D eigenvalue weighted by Crippen LogP contribution is -2.11. The lowest BCUT2D eigenvalue weighted by Gasteiger charge is -2.11. The van der Waals surface area contributed by atoms with Crippen LogP contribution in [-0.4, -0.2) is 5.78 Å². The number of carbonyl (C=O) groups excluding carboxylic acids is 1. The van der Waals surface area contributed by atoms with Crippen molar-refractivity contribution in [3.05, 3.63) is 70.7 Å². The minimum absolute atomic E-state index is 0.0949. The first-order chi connectivity index (χ1) is 8.66. The van der Waals surface area contributed by atoms with E-state index < -0.39 is 0 Å². The highest BCUT2D eigenvalue weighted by molar-refractivity contribution is 6.30. The van der Waals surface area contributed by atoms with Gasteiger partial charge in [0.2, 0.25) is 0 Å². The van der Waals surface area contributed by atoms with Crippen LogP contribution in [0.3, 0.4) is 0 Å². The van der Waals surface area contributed by atoms with Gasteiger partial charge < -0.3 is 0 Å². The molecule has 0 N–H and O–H groups in total. The van der Waals surface area contributed by atoms with Crippen LogP contribution >= 0.6 is 11.6 Å². The molecule has 0 aliphatic heterocycles. The minimum Gasteiger partial charge on any atom is -0.299 e. The standard InChI is InChI=1S/C16H15ClO/c1-12(14-7-9-15(17)10-8-14)16(18)11-13-5-3-2-4-6-13/h2-10,12H,11H2,1H3/t12-/m1/s1. The van der Waals surface area contributed by atoms with Crippen LogP contribution in [0.15, 0.2) is 54.6 Å². The van der Waals surface area contributed by atoms with E-state index in [0.29, 0.717) is 11.4 Å². The summed E-state index contributed by atoms with van der Waals surface area (Å²) >= 11 is 5.84. The van der Waals surface area contributed by atoms with E-state index in [1.807, 2.05) is 61.5 Å². The lowest BCUT2D eigenvalue weighted by atomic mass is 9.93. The molecule has 0 saturated carbocycles. The number of hydrogen-bond acceptors (Lipinski definition) is 1. The van der Waals surface area contributed by atoms with Crippen molar-refractivity contribution < 1.29 is 4.79 Å². The minimum atomic E-state index is -0.0949. The topological polar surface area (TPSA) is 17.1 Å². The second kappa shape index (κ2) is 5.83. The summed E-state index contributed by atoms with van der Waals surface area (Å²) in [6.07, 6.45) is 0.477. The molecule has 0 heterocycles. The van der Waals surface area contributed by atoms with Crippen LogP contribution in [-0.2, 0) is 11.2 Å². The third-order valence-corrected chi connectivity index (χ3v) is 3.33. The van der Waals surface area contributed by atoms with Crippen LogP contribution in [0, 0.1) is 0 Å². The van der Waals surface area contributed by atoms with Crippen molar-refractivity contribution in [1.82, 2.24) is 0 Å². The normalized spacial score (nSPS) is 12.1. The molecule has 1 atom stereocenters. The fraction of sp³-hybridized carbons (Fsp3) is 0.188. The summed E-state index contributed by atoms with van der Waals surface area (Å²) in [6.45, 7) is 1.94. The predicted molar refractivity (Wildman–Crippen MR) is 75.0 cm³/mol. The van der Waals surface area contributed by atoms with Crippen molar-refractivity contribution in [2.45, 2.75) is 19.3 Å². The van der Waals surface area contributed by atoms with Crippen molar-refractivity contribution in [1.29, 1.82) is 0 Å². The summed E-state index contributed by atoms with van der Waals surface area (Å²) in [5, 5.41) is 0.696. The van der Waals surface area contributed by atoms with E-state index in [9.17, 15) is 4.79 Å². The van der Waals surface area contributed by atoms with E-state index in [2.05, 4.69) is 0 Å². The molecule has 0 spiro atoms. The quantitative estimate of drug-likeness (QED) is 0.801. The monoisotopic (exact) mass is 258 g/mol. The highest BCUT2D eigenvalue weighted by Crippen LogP contribution is 2.20. The summed E-state index contributed by atoms with van der Waals surface area (Å²) in [4.78, 5) is 12.2. The molecule has 2 heteroatoms. The average Bonchev–Trinajstić information content (AvgIpc) is 2.40. The molecule has 0 bridgehead atoms. The van der Waals surface area contributed by atoms with Gasteiger partial charge in [0.1, 0.15) is 5.78 Å². The molecule has 2 aromatic carbocycles. The summed E-state index contributed by atoms with van der Waals surface area (Å²) in [6, 6.07) is 17.3. The Labute approximate surface area is 112 Å². The predicted octanol–water partition coefficient (Wildman–Crippen LogP) is 4.26. The molecule has 1 nitrogen and oxygen atoms in total. The van der Waals surface area contributed by atoms with Crippen molar-refractivity contribution in [2.75, 3.05) is 0 Å². The van der Waals surface area contributed by atoms with Gasteiger partial charge in [-0.25, -0.2) is 0 Å². The fourth-order valence-electron chi connectivity index (χ4n) is 1.89. The van der Waals surface area contributed by atoms with Crippen LogP contribution in [0.25, 0.3) is 0 Å². The van der Waals surface area contributed by atoms with Gasteiger partial charge in [0.05, 0.1) is 0 Å². The Hall–Kier alpha value is -1.60. The second-order valence-electron chi connectivity index (χ2n) is 4.40. The molecule has 2 aromatic rings. The SMILES string of the molecule is C[C@@H](C(=O)Cc1ccccc1)c1ccc(Cl)cc1. The molecule has 0 aliphatic carbocycles. The van der Waals surface area contributed by atoms with Gasteiger partial charge in [0.25, 0.3) is 0 Å². The van der Waals surface area contributed by atoms with E-state index in [4.69, 9.17) is 11.6 Å². The number of halogens is 1. The first-order valence-corrected chi connectivity index (χ1v) is 6.36. The molecule has 18 heavy (non-hydrogen) atoms. The fourth-order valence-corrected chi connectivity index (χ4v) is 2.01. The number of benzene rings is 2. The molecule has 0 amide bonds. The molecule has 0 unspecified atom stereocenters. The molecule has 0 fully saturated rings. The van der Waals surface area contributed by atoms with Crippen LogP contribution < -0.4 is 0 Å². The van der Waals surface area contributed by atoms with E-state index in [1.165, 1.54) is 0 Å². The summed E-state index contributed by atoms with van der Waals surface area (Å²) in [5.74, 6) is 0.131. The molecule has 0 aromatic heterocycles. The summed E-state index contributed by atoms with van der Waals surface area (Å²) in [5.41, 5.74) is 2.07. The molecular weight excluding hydrogens is 244 g/mol. The number of Topliss-reactive ketones (excluding diaryl/α,β-unsaturated/α-hetero) is 1. The smallest absolute Gasteiger partial charge is 0.144 e. The van der Waals surface area contributed by atoms with E-state index in [0.717, 1.165) is 11.1 Å². The van der Waals surface area contributed by atoms with E-state index >= 15 is 0 Å². The third-order valence-electron chi connectivity index (χ3n) is 3.07. The Kier molecular flexibility index (Phi) is 4.16. The number of hydrogen-bond donors (Lipinski definition) is 0. The largest absolute Gasteiger partial charge is 0.299 e. The Morgan fingerprint density at radius 3 is 2.28 bits per heavy atom. The first-order valence-electron chi connectivity index (χ1n) is 5.99. The lowest BCUT2D eigenvalue weighted by molar-refractivity contribution is -0.119. The molecule has 0 radical (unpaired) electrons. The van der Waals surface area contributed by atoms with Gasteiger partial charge in [-0.1, -0.05) is 61.0 Å². The van der Waals surface area contributed by atoms with Crippen LogP contribution in [0.2, 0.25) is 5.02 Å². The van der Waals surface area contributed by atoms with Gasteiger partial charge in [-0.2, -0.15) is 0 Å². The Balaban J connectivity index is 2.07. The maximum absolute atomic E-state index is 12.2. The molecule has 0 saturated heterocycles. The molecule has 92 valence electrons. The highest BCUT2D eigenvalue weighted by atomic mass is 35.5. The maximum Gasteiger partial charge on any atom is 0.144 e. The van der Waals surface area contributed by atoms with Crippen molar-refractivity contribution in [3.63, 3.8) is 0 Å². The van der Waals surface area contributed by atoms with E-state index in [-0.39, 0.29) is 11.7 Å². The van der Waals surface area contributed by atoms with Gasteiger partial charge >= 0.3 is 0 Å². The van der Waals surface area contributed by atoms with E-state index in [1.54, 1.807) is 0 Å². The van der Waals surface area contributed by atoms with Crippen molar-refractivity contribution >= 4 is 17.4 Å². The zero-order chi connectivity index (χ0) is 13.0. The van der Waals surface area contributed by atoms with Crippen LogP contribution in [0.5, 0.6) is 0 Å². The second-order valence-corrected chi connectivity index (χ2v) is 4.84. The number of rotatable bonds is 4. The Morgan fingerprint density at radius 2 is 1.67 bits per heavy atom. The molecule has 0 aliphatic rings. The van der Waals surface area contributed by atoms with Crippen molar-refractivity contribution in [3.8, 4) is 0 Å². The van der Waals surface area contributed by atoms with Gasteiger partial charge in [0, 0.05) is 17.4 Å². The van der Waals surface area contributed by atoms with Gasteiger partial charge in [-0.05, 0) is 23.3 Å². The van der Waals surface area contributed by atoms with Crippen LogP contribution in [0.4, 0.5) is 0 Å². The Morgan fingerprint density at radius 1 is 1.06 bits per heavy atom. The zero-order valence-corrected chi connectivity index (χ0v) is 11.0. The van der Waals surface area contributed by atoms with Crippen molar-refractivity contribution in [2.24, 2.45) is 0 Å². The molecule has 2 rings (SSSR count). The number of carbonyl (C=O) groups is 1. The summed E-state index contributed by atoms with van der Waals surface area (Å²) in [7, 11) is 0. The van der Waals surface area contributed by atoms with Gasteiger partial charge in [0.15, 0.2) is 0 Å². The molecular formula is C16H15ClO. The average molecular weight is 259 g/mol. The Bertz CT molecular complexity index is 517. The summed E-state index contributed by atoms with van der Waals surface area (Å²) < 4.78 is 0. The third kappa shape index (κ3) is 3.21. The maximum atomic E-state index is 12.2. The number of ketones is 1. The van der Waals surface area contributed by atoms with Gasteiger partial charge in [-0.15, -0.1) is 0 Å². The zero-order valence-electron chi connectivity index (χ0n) is 10.3. The van der Waals surface area contributed by atoms with Gasteiger partial charge in [-0.3, -0.25) is 4.79 Å².